The van der Waals surface area contributed by atoms with E-state index in [1.54, 1.807) is 0 Å². The summed E-state index contributed by atoms with van der Waals surface area (Å²) in [5.41, 5.74) is 0. The first-order chi connectivity index (χ1) is 8.18. The van der Waals surface area contributed by atoms with E-state index in [1.807, 2.05) is 4.90 Å². The summed E-state index contributed by atoms with van der Waals surface area (Å²) < 4.78 is 0. The predicted molar refractivity (Wildman–Crippen MR) is 62.7 cm³/mol. The molecule has 1 heterocycles. The van der Waals surface area contributed by atoms with Gasteiger partial charge in [-0.2, -0.15) is 0 Å². The fraction of sp³-hybridized carbons (Fsp3) is 0.833. The third-order valence-corrected chi connectivity index (χ3v) is 3.89. The van der Waals surface area contributed by atoms with Crippen molar-refractivity contribution < 1.29 is 14.7 Å². The highest BCUT2D eigenvalue weighted by molar-refractivity contribution is 5.80. The van der Waals surface area contributed by atoms with Crippen molar-refractivity contribution in [1.82, 2.24) is 10.2 Å². The SMILES string of the molecule is O=C(O)CNC(=O)N1CCC[C@H]2CCCC[C@H]21. The van der Waals surface area contributed by atoms with Gasteiger partial charge in [-0.25, -0.2) is 4.79 Å². The van der Waals surface area contributed by atoms with Crippen molar-refractivity contribution in [2.24, 2.45) is 5.92 Å². The Labute approximate surface area is 101 Å². The second-order valence-corrected chi connectivity index (χ2v) is 5.00. The molecule has 5 heteroatoms. The van der Waals surface area contributed by atoms with Gasteiger partial charge in [0.2, 0.25) is 0 Å². The lowest BCUT2D eigenvalue weighted by Gasteiger charge is -2.43. The van der Waals surface area contributed by atoms with Crippen molar-refractivity contribution >= 4 is 12.0 Å². The maximum atomic E-state index is 11.9. The van der Waals surface area contributed by atoms with Crippen molar-refractivity contribution in [3.63, 3.8) is 0 Å². The molecule has 0 unspecified atom stereocenters. The number of piperidine rings is 1. The van der Waals surface area contributed by atoms with Crippen molar-refractivity contribution in [2.75, 3.05) is 13.1 Å². The quantitative estimate of drug-likeness (QED) is 0.767. The fourth-order valence-electron chi connectivity index (χ4n) is 3.13. The average molecular weight is 240 g/mol. The highest BCUT2D eigenvalue weighted by Gasteiger charge is 2.35. The summed E-state index contributed by atoms with van der Waals surface area (Å²) in [5.74, 6) is -0.358. The van der Waals surface area contributed by atoms with Crippen LogP contribution >= 0.6 is 0 Å². The van der Waals surface area contributed by atoms with E-state index < -0.39 is 5.97 Å². The van der Waals surface area contributed by atoms with Gasteiger partial charge in [0.1, 0.15) is 6.54 Å². The van der Waals surface area contributed by atoms with Gasteiger partial charge in [0, 0.05) is 12.6 Å². The molecule has 2 amide bonds. The van der Waals surface area contributed by atoms with Gasteiger partial charge in [-0.05, 0) is 31.6 Å². The monoisotopic (exact) mass is 240 g/mol. The van der Waals surface area contributed by atoms with Gasteiger partial charge in [0.05, 0.1) is 0 Å². The normalized spacial score (nSPS) is 28.4. The minimum Gasteiger partial charge on any atom is -0.480 e. The zero-order valence-electron chi connectivity index (χ0n) is 10.0. The van der Waals surface area contributed by atoms with Crippen LogP contribution in [0.25, 0.3) is 0 Å². The number of urea groups is 1. The Hall–Kier alpha value is -1.26. The lowest BCUT2D eigenvalue weighted by Crippen LogP contribution is -2.53. The van der Waals surface area contributed by atoms with E-state index >= 15 is 0 Å². The summed E-state index contributed by atoms with van der Waals surface area (Å²) in [6.45, 7) is 0.485. The number of fused-ring (bicyclic) bond motifs is 1. The molecule has 2 N–H and O–H groups in total. The van der Waals surface area contributed by atoms with Crippen LogP contribution in [0, 0.1) is 5.92 Å². The minimum atomic E-state index is -0.990. The Morgan fingerprint density at radius 3 is 2.65 bits per heavy atom. The van der Waals surface area contributed by atoms with Crippen molar-refractivity contribution in [1.29, 1.82) is 0 Å². The molecule has 0 radical (unpaired) electrons. The van der Waals surface area contributed by atoms with Gasteiger partial charge in [-0.1, -0.05) is 12.8 Å². The van der Waals surface area contributed by atoms with E-state index in [4.69, 9.17) is 5.11 Å². The van der Waals surface area contributed by atoms with Crippen molar-refractivity contribution in [3.8, 4) is 0 Å². The van der Waals surface area contributed by atoms with Crippen molar-refractivity contribution in [2.45, 2.75) is 44.6 Å². The second-order valence-electron chi connectivity index (χ2n) is 5.00. The molecule has 1 aliphatic carbocycles. The first-order valence-electron chi connectivity index (χ1n) is 6.45. The number of likely N-dealkylation sites (tertiary alicyclic amines) is 1. The summed E-state index contributed by atoms with van der Waals surface area (Å²) in [4.78, 5) is 24.2. The Kier molecular flexibility index (Phi) is 3.86. The Balaban J connectivity index is 1.93. The molecule has 0 aromatic rings. The fourth-order valence-corrected chi connectivity index (χ4v) is 3.13. The van der Waals surface area contributed by atoms with Gasteiger partial charge < -0.3 is 15.3 Å². The highest BCUT2D eigenvalue weighted by atomic mass is 16.4. The number of aliphatic carboxylic acids is 1. The number of amides is 2. The summed E-state index contributed by atoms with van der Waals surface area (Å²) in [6, 6.07) is 0.135. The molecule has 1 aliphatic heterocycles. The standard InChI is InChI=1S/C12H20N2O3/c15-11(16)8-13-12(17)14-7-3-5-9-4-1-2-6-10(9)14/h9-10H,1-8H2,(H,13,17)(H,15,16)/t9-,10-/m1/s1. The summed E-state index contributed by atoms with van der Waals surface area (Å²) in [7, 11) is 0. The lowest BCUT2D eigenvalue weighted by molar-refractivity contribution is -0.135. The van der Waals surface area contributed by atoms with Crippen LogP contribution in [-0.2, 0) is 4.79 Å². The van der Waals surface area contributed by atoms with E-state index in [2.05, 4.69) is 5.32 Å². The molecule has 5 nitrogen and oxygen atoms in total. The van der Waals surface area contributed by atoms with Gasteiger partial charge in [-0.3, -0.25) is 4.79 Å². The molecule has 0 aromatic heterocycles. The largest absolute Gasteiger partial charge is 0.480 e. The first-order valence-corrected chi connectivity index (χ1v) is 6.45. The maximum absolute atomic E-state index is 11.9. The molecule has 0 aromatic carbocycles. The van der Waals surface area contributed by atoms with Crippen molar-refractivity contribution in [3.05, 3.63) is 0 Å². The molecule has 2 rings (SSSR count). The number of rotatable bonds is 2. The molecule has 1 saturated carbocycles. The van der Waals surface area contributed by atoms with Gasteiger partial charge >= 0.3 is 12.0 Å². The summed E-state index contributed by atoms with van der Waals surface area (Å²) in [5, 5.41) is 11.0. The Bertz CT molecular complexity index is 304. The van der Waals surface area contributed by atoms with E-state index in [9.17, 15) is 9.59 Å². The van der Waals surface area contributed by atoms with E-state index in [0.29, 0.717) is 12.0 Å². The van der Waals surface area contributed by atoms with Gasteiger partial charge in [0.25, 0.3) is 0 Å². The number of carboxylic acids is 1. The molecule has 0 spiro atoms. The third kappa shape index (κ3) is 2.90. The highest BCUT2D eigenvalue weighted by Crippen LogP contribution is 2.35. The summed E-state index contributed by atoms with van der Waals surface area (Å²) in [6.07, 6.45) is 7.00. The van der Waals surface area contributed by atoms with Crippen LogP contribution in [0.15, 0.2) is 0 Å². The number of hydrogen-bond donors (Lipinski definition) is 2. The van der Waals surface area contributed by atoms with Gasteiger partial charge in [-0.15, -0.1) is 0 Å². The number of carbonyl (C=O) groups is 2. The van der Waals surface area contributed by atoms with Crippen LogP contribution < -0.4 is 5.32 Å². The molecule has 17 heavy (non-hydrogen) atoms. The van der Waals surface area contributed by atoms with Crippen LogP contribution in [-0.4, -0.2) is 41.1 Å². The van der Waals surface area contributed by atoms with Gasteiger partial charge in [0.15, 0.2) is 0 Å². The number of hydrogen-bond acceptors (Lipinski definition) is 2. The van der Waals surface area contributed by atoms with E-state index in [0.717, 1.165) is 19.4 Å². The zero-order chi connectivity index (χ0) is 12.3. The molecule has 2 aliphatic rings. The zero-order valence-corrected chi connectivity index (χ0v) is 10.0. The molecular weight excluding hydrogens is 220 g/mol. The van der Waals surface area contributed by atoms with E-state index in [1.165, 1.54) is 25.7 Å². The molecule has 2 fully saturated rings. The second kappa shape index (κ2) is 5.38. The Morgan fingerprint density at radius 1 is 1.18 bits per heavy atom. The number of nitrogens with one attached hydrogen (secondary N) is 1. The smallest absolute Gasteiger partial charge is 0.323 e. The number of carbonyl (C=O) groups excluding carboxylic acids is 1. The van der Waals surface area contributed by atoms with Crippen LogP contribution in [0.1, 0.15) is 38.5 Å². The van der Waals surface area contributed by atoms with Crippen LogP contribution in [0.4, 0.5) is 4.79 Å². The van der Waals surface area contributed by atoms with E-state index in [-0.39, 0.29) is 12.6 Å². The molecular formula is C12H20N2O3. The lowest BCUT2D eigenvalue weighted by atomic mass is 9.78. The first kappa shape index (κ1) is 12.2. The molecule has 96 valence electrons. The van der Waals surface area contributed by atoms with Crippen LogP contribution in [0.2, 0.25) is 0 Å². The average Bonchev–Trinajstić information content (AvgIpc) is 2.35. The molecule has 2 atom stereocenters. The molecule has 1 saturated heterocycles. The summed E-state index contributed by atoms with van der Waals surface area (Å²) >= 11 is 0. The molecule has 0 bridgehead atoms. The predicted octanol–water partition coefficient (Wildman–Crippen LogP) is 1.44. The maximum Gasteiger partial charge on any atom is 0.323 e. The van der Waals surface area contributed by atoms with Crippen LogP contribution in [0.3, 0.4) is 0 Å². The Morgan fingerprint density at radius 2 is 1.88 bits per heavy atom. The van der Waals surface area contributed by atoms with Crippen LogP contribution in [0.5, 0.6) is 0 Å². The topological polar surface area (TPSA) is 69.6 Å². The number of nitrogens with zero attached hydrogens (tertiary/aromatic N) is 1. The third-order valence-electron chi connectivity index (χ3n) is 3.89. The minimum absolute atomic E-state index is 0.205. The number of carboxylic acid groups (broad SMARTS) is 1.